The molecular formula is C31H34BrN5O4. The average molecular weight is 621 g/mol. The Kier molecular flexibility index (Phi) is 10.8. The molecule has 0 saturated heterocycles. The van der Waals surface area contributed by atoms with Gasteiger partial charge in [-0.05, 0) is 65.0 Å². The highest BCUT2D eigenvalue weighted by Gasteiger charge is 2.53. The molecule has 1 amide bonds. The van der Waals surface area contributed by atoms with E-state index in [1.165, 1.54) is 0 Å². The fourth-order valence-corrected chi connectivity index (χ4v) is 5.01. The summed E-state index contributed by atoms with van der Waals surface area (Å²) < 4.78 is 13.2. The Morgan fingerprint density at radius 3 is 2.61 bits per heavy atom. The number of hydrogen-bond donors (Lipinski definition) is 2. The van der Waals surface area contributed by atoms with Crippen molar-refractivity contribution >= 4 is 27.7 Å². The highest BCUT2D eigenvalue weighted by atomic mass is 79.9. The van der Waals surface area contributed by atoms with Crippen LogP contribution in [0.3, 0.4) is 0 Å². The lowest BCUT2D eigenvalue weighted by molar-refractivity contribution is -0.128. The van der Waals surface area contributed by atoms with Gasteiger partial charge in [0.1, 0.15) is 5.75 Å². The number of aliphatic hydroxyl groups excluding tert-OH is 1. The number of ether oxygens (including phenoxy) is 2. The molecule has 41 heavy (non-hydrogen) atoms. The first-order valence-corrected chi connectivity index (χ1v) is 14.5. The molecule has 0 aromatic heterocycles. The molecule has 3 aromatic rings. The van der Waals surface area contributed by atoms with E-state index in [4.69, 9.17) is 25.1 Å². The Morgan fingerprint density at radius 2 is 1.90 bits per heavy atom. The van der Waals surface area contributed by atoms with Gasteiger partial charge in [0.2, 0.25) is 5.90 Å². The number of hydrogen-bond acceptors (Lipinski definition) is 6. The Balaban J connectivity index is 1.81. The topological polar surface area (TPSA) is 129 Å². The highest BCUT2D eigenvalue weighted by Crippen LogP contribution is 2.44. The van der Waals surface area contributed by atoms with E-state index in [1.54, 1.807) is 0 Å². The molecule has 0 saturated carbocycles. The summed E-state index contributed by atoms with van der Waals surface area (Å²) in [4.78, 5) is 22.2. The average Bonchev–Trinajstić information content (AvgIpc) is 3.38. The third kappa shape index (κ3) is 7.47. The van der Waals surface area contributed by atoms with E-state index in [1.807, 2.05) is 72.8 Å². The molecule has 1 aliphatic rings. The molecule has 0 bridgehead atoms. The van der Waals surface area contributed by atoms with Gasteiger partial charge in [0.25, 0.3) is 5.91 Å². The third-order valence-corrected chi connectivity index (χ3v) is 7.40. The van der Waals surface area contributed by atoms with Crippen LogP contribution in [0.25, 0.3) is 10.4 Å². The number of aliphatic imine (C=N–C) groups is 1. The zero-order chi connectivity index (χ0) is 29.1. The molecule has 3 aromatic carbocycles. The van der Waals surface area contributed by atoms with E-state index in [2.05, 4.69) is 38.2 Å². The molecule has 1 aliphatic heterocycles. The van der Waals surface area contributed by atoms with Crippen LogP contribution < -0.4 is 10.1 Å². The molecule has 0 fully saturated rings. The number of carbonyl (C=O) groups is 1. The van der Waals surface area contributed by atoms with Gasteiger partial charge in [0, 0.05) is 40.9 Å². The lowest BCUT2D eigenvalue weighted by Gasteiger charge is -2.32. The van der Waals surface area contributed by atoms with Crippen molar-refractivity contribution in [1.82, 2.24) is 5.32 Å². The molecule has 2 N–H and O–H groups in total. The van der Waals surface area contributed by atoms with Crippen molar-refractivity contribution in [2.75, 3.05) is 19.8 Å². The van der Waals surface area contributed by atoms with E-state index in [9.17, 15) is 4.79 Å². The van der Waals surface area contributed by atoms with Gasteiger partial charge >= 0.3 is 0 Å². The second-order valence-electron chi connectivity index (χ2n) is 9.79. The molecule has 9 nitrogen and oxygen atoms in total. The summed E-state index contributed by atoms with van der Waals surface area (Å²) in [7, 11) is 0. The van der Waals surface area contributed by atoms with Gasteiger partial charge in [-0.2, -0.15) is 0 Å². The molecule has 0 aliphatic carbocycles. The normalized spacial score (nSPS) is 17.7. The first-order chi connectivity index (χ1) is 20.0. The lowest BCUT2D eigenvalue weighted by Crippen LogP contribution is -2.50. The maximum absolute atomic E-state index is 14.2. The zero-order valence-corrected chi connectivity index (χ0v) is 24.6. The lowest BCUT2D eigenvalue weighted by atomic mass is 9.80. The fourth-order valence-electron chi connectivity index (χ4n) is 4.75. The van der Waals surface area contributed by atoms with Crippen molar-refractivity contribution in [3.05, 3.63) is 110 Å². The third-order valence-electron chi connectivity index (χ3n) is 6.87. The molecule has 1 heterocycles. The van der Waals surface area contributed by atoms with E-state index in [-0.39, 0.29) is 19.1 Å². The number of aliphatic hydroxyl groups is 1. The predicted octanol–water partition coefficient (Wildman–Crippen LogP) is 6.44. The van der Waals surface area contributed by atoms with Crippen molar-refractivity contribution in [3.63, 3.8) is 0 Å². The fraction of sp³-hybridized carbons (Fsp3) is 0.355. The monoisotopic (exact) mass is 619 g/mol. The van der Waals surface area contributed by atoms with Gasteiger partial charge < -0.3 is 19.9 Å². The summed E-state index contributed by atoms with van der Waals surface area (Å²) in [6, 6.07) is 22.7. The largest absolute Gasteiger partial charge is 0.494 e. The number of rotatable bonds is 14. The smallest absolute Gasteiger partial charge is 0.252 e. The number of nitrogens with one attached hydrogen (secondary N) is 1. The summed E-state index contributed by atoms with van der Waals surface area (Å²) in [6.45, 7) is 3.19. The number of amides is 1. The first-order valence-electron chi connectivity index (χ1n) is 13.7. The van der Waals surface area contributed by atoms with Gasteiger partial charge in [-0.25, -0.2) is 4.99 Å². The standard InChI is InChI=1S/C31H34BrN5O4/c1-2-3-17-34-30(39)31(20-22-9-13-25(32)14-10-22)28(27-8-5-4-7-24(27)21-35-37-33)41-29(36-31)23-11-15-26(16-12-23)40-19-6-18-38/h4-5,7-16,28,38H,2-3,6,17-21H2,1H3,(H,34,39)/t28-,31-/m1/s1. The predicted molar refractivity (Wildman–Crippen MR) is 162 cm³/mol. The summed E-state index contributed by atoms with van der Waals surface area (Å²) in [5.74, 6) is 0.783. The summed E-state index contributed by atoms with van der Waals surface area (Å²) in [5, 5.41) is 15.9. The molecule has 0 radical (unpaired) electrons. The van der Waals surface area contributed by atoms with Crippen molar-refractivity contribution in [2.24, 2.45) is 10.1 Å². The second kappa shape index (κ2) is 14.7. The van der Waals surface area contributed by atoms with Crippen LogP contribution in [0.1, 0.15) is 54.5 Å². The van der Waals surface area contributed by atoms with E-state index in [0.717, 1.165) is 34.0 Å². The summed E-state index contributed by atoms with van der Waals surface area (Å²) in [5.41, 5.74) is 10.8. The minimum atomic E-state index is -1.32. The highest BCUT2D eigenvalue weighted by molar-refractivity contribution is 9.10. The molecule has 0 unspecified atom stereocenters. The van der Waals surface area contributed by atoms with Crippen LogP contribution in [-0.4, -0.2) is 42.2 Å². The first kappa shape index (κ1) is 30.1. The Labute approximate surface area is 248 Å². The zero-order valence-electron chi connectivity index (χ0n) is 23.0. The molecule has 0 spiro atoms. The Morgan fingerprint density at radius 1 is 1.15 bits per heavy atom. The van der Waals surface area contributed by atoms with Crippen LogP contribution in [0, 0.1) is 0 Å². The number of halogens is 1. The van der Waals surface area contributed by atoms with Gasteiger partial charge in [-0.15, -0.1) is 0 Å². The Hall–Kier alpha value is -3.85. The molecule has 4 rings (SSSR count). The number of azide groups is 1. The molecule has 10 heteroatoms. The number of carbonyl (C=O) groups excluding carboxylic acids is 1. The van der Waals surface area contributed by atoms with Crippen LogP contribution in [0.15, 0.2) is 87.4 Å². The van der Waals surface area contributed by atoms with E-state index < -0.39 is 11.6 Å². The van der Waals surface area contributed by atoms with Crippen molar-refractivity contribution in [1.29, 1.82) is 0 Å². The minimum Gasteiger partial charge on any atom is -0.494 e. The SMILES string of the molecule is CCCCNC(=O)[C@]1(Cc2ccc(Br)cc2)N=C(c2ccc(OCCCO)cc2)O[C@@H]1c1ccccc1CN=[N+]=[N-]. The second-order valence-corrected chi connectivity index (χ2v) is 10.7. The maximum atomic E-state index is 14.2. The van der Waals surface area contributed by atoms with Crippen LogP contribution in [0.5, 0.6) is 5.75 Å². The van der Waals surface area contributed by atoms with Crippen molar-refractivity contribution < 1.29 is 19.4 Å². The van der Waals surface area contributed by atoms with Crippen molar-refractivity contribution in [3.8, 4) is 5.75 Å². The minimum absolute atomic E-state index is 0.0615. The number of unbranched alkanes of at least 4 members (excludes halogenated alkanes) is 1. The molecule has 2 atom stereocenters. The summed E-state index contributed by atoms with van der Waals surface area (Å²) >= 11 is 3.50. The maximum Gasteiger partial charge on any atom is 0.252 e. The van der Waals surface area contributed by atoms with Crippen LogP contribution in [0.2, 0.25) is 0 Å². The number of nitrogens with zero attached hydrogens (tertiary/aromatic N) is 4. The van der Waals surface area contributed by atoms with Crippen LogP contribution >= 0.6 is 15.9 Å². The van der Waals surface area contributed by atoms with E-state index in [0.29, 0.717) is 43.2 Å². The van der Waals surface area contributed by atoms with Gasteiger partial charge in [-0.1, -0.05) is 70.8 Å². The number of benzene rings is 3. The van der Waals surface area contributed by atoms with E-state index >= 15 is 0 Å². The quantitative estimate of drug-likeness (QED) is 0.0931. The summed E-state index contributed by atoms with van der Waals surface area (Å²) in [6.07, 6.45) is 1.85. The van der Waals surface area contributed by atoms with Gasteiger partial charge in [0.05, 0.1) is 13.2 Å². The molecule has 214 valence electrons. The van der Waals surface area contributed by atoms with Gasteiger partial charge in [-0.3, -0.25) is 4.79 Å². The molecular weight excluding hydrogens is 586 g/mol. The Bertz CT molecular complexity index is 1390. The van der Waals surface area contributed by atoms with Gasteiger partial charge in [0.15, 0.2) is 11.6 Å². The van der Waals surface area contributed by atoms with Crippen LogP contribution in [0.4, 0.5) is 0 Å². The van der Waals surface area contributed by atoms with Crippen molar-refractivity contribution in [2.45, 2.75) is 50.8 Å². The van der Waals surface area contributed by atoms with Crippen LogP contribution in [-0.2, 0) is 22.5 Å².